The van der Waals surface area contributed by atoms with Crippen LogP contribution in [-0.2, 0) is 0 Å². The predicted molar refractivity (Wildman–Crippen MR) is 95.6 cm³/mol. The maximum Gasteiger partial charge on any atom is 0.273 e. The lowest BCUT2D eigenvalue weighted by Gasteiger charge is -2.09. The topological polar surface area (TPSA) is 59.0 Å². The van der Waals surface area contributed by atoms with Crippen molar-refractivity contribution in [2.75, 3.05) is 5.43 Å². The number of carbonyl (C=O) groups is 1. The minimum absolute atomic E-state index is 0.243. The summed E-state index contributed by atoms with van der Waals surface area (Å²) >= 11 is 5.93. The number of nitrogens with zero attached hydrogens (tertiary/aromatic N) is 2. The average molecular weight is 341 g/mol. The first-order valence-electron chi connectivity index (χ1n) is 7.50. The van der Waals surface area contributed by atoms with Crippen LogP contribution in [0.4, 0.5) is 5.69 Å². The van der Waals surface area contributed by atoms with Gasteiger partial charge in [-0.05, 0) is 44.2 Å². The SMILES string of the molecule is Cc1nn(-c2ccccc2)c(C)c1C(=O)NNc1cccc(Cl)c1. The zero-order valence-electron chi connectivity index (χ0n) is 13.4. The van der Waals surface area contributed by atoms with Crippen molar-refractivity contribution >= 4 is 23.2 Å². The van der Waals surface area contributed by atoms with Gasteiger partial charge in [0.05, 0.1) is 28.3 Å². The molecular weight excluding hydrogens is 324 g/mol. The smallest absolute Gasteiger partial charge is 0.273 e. The second kappa shape index (κ2) is 6.76. The molecular formula is C18H17ClN4O. The van der Waals surface area contributed by atoms with E-state index in [2.05, 4.69) is 16.0 Å². The van der Waals surface area contributed by atoms with Gasteiger partial charge in [0, 0.05) is 5.02 Å². The van der Waals surface area contributed by atoms with Crippen LogP contribution in [0.15, 0.2) is 54.6 Å². The number of aryl methyl sites for hydroxylation is 1. The molecule has 0 fully saturated rings. The number of hydrazine groups is 1. The van der Waals surface area contributed by atoms with Crippen molar-refractivity contribution in [3.8, 4) is 5.69 Å². The maximum absolute atomic E-state index is 12.5. The summed E-state index contributed by atoms with van der Waals surface area (Å²) < 4.78 is 1.77. The van der Waals surface area contributed by atoms with Crippen LogP contribution < -0.4 is 10.9 Å². The number of amides is 1. The van der Waals surface area contributed by atoms with E-state index in [-0.39, 0.29) is 5.91 Å². The summed E-state index contributed by atoms with van der Waals surface area (Å²) in [5, 5.41) is 5.07. The minimum atomic E-state index is -0.243. The summed E-state index contributed by atoms with van der Waals surface area (Å²) in [7, 11) is 0. The van der Waals surface area contributed by atoms with Crippen molar-refractivity contribution in [3.63, 3.8) is 0 Å². The molecule has 0 unspecified atom stereocenters. The number of hydrogen-bond acceptors (Lipinski definition) is 3. The predicted octanol–water partition coefficient (Wildman–Crippen LogP) is 3.90. The lowest BCUT2D eigenvalue weighted by molar-refractivity contribution is 0.0961. The summed E-state index contributed by atoms with van der Waals surface area (Å²) in [5.74, 6) is -0.243. The highest BCUT2D eigenvalue weighted by Crippen LogP contribution is 2.18. The highest BCUT2D eigenvalue weighted by Gasteiger charge is 2.19. The molecule has 2 aromatic carbocycles. The largest absolute Gasteiger partial charge is 0.298 e. The molecule has 1 aromatic heterocycles. The van der Waals surface area contributed by atoms with Crippen LogP contribution in [0, 0.1) is 13.8 Å². The fraction of sp³-hybridized carbons (Fsp3) is 0.111. The van der Waals surface area contributed by atoms with Crippen LogP contribution in [0.5, 0.6) is 0 Å². The number of benzene rings is 2. The fourth-order valence-corrected chi connectivity index (χ4v) is 2.74. The minimum Gasteiger partial charge on any atom is -0.298 e. The third-order valence-electron chi connectivity index (χ3n) is 3.66. The third-order valence-corrected chi connectivity index (χ3v) is 3.90. The van der Waals surface area contributed by atoms with Gasteiger partial charge in [-0.1, -0.05) is 35.9 Å². The lowest BCUT2D eigenvalue weighted by Crippen LogP contribution is -2.30. The van der Waals surface area contributed by atoms with Gasteiger partial charge in [0.15, 0.2) is 0 Å². The van der Waals surface area contributed by atoms with Gasteiger partial charge in [0.1, 0.15) is 0 Å². The standard InChI is InChI=1S/C18H17ClN4O/c1-12-17(13(2)23(22-12)16-9-4-3-5-10-16)18(24)21-20-15-8-6-7-14(19)11-15/h3-11,20H,1-2H3,(H,21,24). The normalized spacial score (nSPS) is 10.5. The summed E-state index contributed by atoms with van der Waals surface area (Å²) in [4.78, 5) is 12.5. The molecule has 0 saturated carbocycles. The number of carbonyl (C=O) groups excluding carboxylic acids is 1. The molecule has 122 valence electrons. The monoisotopic (exact) mass is 340 g/mol. The molecule has 0 bridgehead atoms. The van der Waals surface area contributed by atoms with Crippen molar-refractivity contribution in [1.82, 2.24) is 15.2 Å². The average Bonchev–Trinajstić information content (AvgIpc) is 2.88. The molecule has 0 atom stereocenters. The number of nitrogens with one attached hydrogen (secondary N) is 2. The molecule has 0 aliphatic heterocycles. The van der Waals surface area contributed by atoms with E-state index in [1.807, 2.05) is 50.2 Å². The van der Waals surface area contributed by atoms with E-state index in [0.29, 0.717) is 22.0 Å². The first kappa shape index (κ1) is 16.1. The van der Waals surface area contributed by atoms with E-state index in [4.69, 9.17) is 11.6 Å². The van der Waals surface area contributed by atoms with Gasteiger partial charge in [0.2, 0.25) is 0 Å². The van der Waals surface area contributed by atoms with Gasteiger partial charge in [-0.25, -0.2) is 4.68 Å². The van der Waals surface area contributed by atoms with E-state index in [0.717, 1.165) is 11.4 Å². The van der Waals surface area contributed by atoms with Crippen molar-refractivity contribution in [1.29, 1.82) is 0 Å². The van der Waals surface area contributed by atoms with Crippen molar-refractivity contribution in [3.05, 3.63) is 76.6 Å². The van der Waals surface area contributed by atoms with Crippen LogP contribution in [0.1, 0.15) is 21.7 Å². The van der Waals surface area contributed by atoms with E-state index in [9.17, 15) is 4.79 Å². The van der Waals surface area contributed by atoms with Crippen molar-refractivity contribution < 1.29 is 4.79 Å². The summed E-state index contributed by atoms with van der Waals surface area (Å²) in [5.41, 5.74) is 9.18. The van der Waals surface area contributed by atoms with Crippen LogP contribution in [-0.4, -0.2) is 15.7 Å². The molecule has 2 N–H and O–H groups in total. The van der Waals surface area contributed by atoms with Crippen LogP contribution in [0.3, 0.4) is 0 Å². The van der Waals surface area contributed by atoms with Gasteiger partial charge in [-0.2, -0.15) is 5.10 Å². The Kier molecular flexibility index (Phi) is 4.53. The van der Waals surface area contributed by atoms with Crippen LogP contribution in [0.2, 0.25) is 5.02 Å². The third kappa shape index (κ3) is 3.26. The first-order valence-corrected chi connectivity index (χ1v) is 7.87. The second-order valence-corrected chi connectivity index (χ2v) is 5.82. The number of anilines is 1. The lowest BCUT2D eigenvalue weighted by atomic mass is 10.2. The quantitative estimate of drug-likeness (QED) is 0.708. The molecule has 24 heavy (non-hydrogen) atoms. The maximum atomic E-state index is 12.5. The second-order valence-electron chi connectivity index (χ2n) is 5.38. The Balaban J connectivity index is 1.82. The molecule has 0 saturated heterocycles. The van der Waals surface area contributed by atoms with Crippen LogP contribution in [0.25, 0.3) is 5.69 Å². The molecule has 5 nitrogen and oxygen atoms in total. The zero-order chi connectivity index (χ0) is 17.1. The summed E-state index contributed by atoms with van der Waals surface area (Å²) in [6, 6.07) is 16.8. The van der Waals surface area contributed by atoms with Gasteiger partial charge in [-0.3, -0.25) is 15.6 Å². The van der Waals surface area contributed by atoms with Gasteiger partial charge in [0.25, 0.3) is 5.91 Å². The van der Waals surface area contributed by atoms with Gasteiger partial charge < -0.3 is 0 Å². The first-order chi connectivity index (χ1) is 11.6. The van der Waals surface area contributed by atoms with E-state index >= 15 is 0 Å². The van der Waals surface area contributed by atoms with Crippen molar-refractivity contribution in [2.24, 2.45) is 0 Å². The Morgan fingerprint density at radius 3 is 2.54 bits per heavy atom. The van der Waals surface area contributed by atoms with Crippen LogP contribution >= 0.6 is 11.6 Å². The Morgan fingerprint density at radius 2 is 1.83 bits per heavy atom. The molecule has 0 spiro atoms. The van der Waals surface area contributed by atoms with Gasteiger partial charge in [-0.15, -0.1) is 0 Å². The van der Waals surface area contributed by atoms with E-state index in [1.165, 1.54) is 0 Å². The highest BCUT2D eigenvalue weighted by atomic mass is 35.5. The molecule has 6 heteroatoms. The fourth-order valence-electron chi connectivity index (χ4n) is 2.55. The van der Waals surface area contributed by atoms with E-state index < -0.39 is 0 Å². The number of aromatic nitrogens is 2. The van der Waals surface area contributed by atoms with E-state index in [1.54, 1.807) is 22.9 Å². The highest BCUT2D eigenvalue weighted by molar-refractivity contribution is 6.30. The molecule has 1 amide bonds. The summed E-state index contributed by atoms with van der Waals surface area (Å²) in [6.45, 7) is 3.70. The Hall–Kier alpha value is -2.79. The Labute approximate surface area is 145 Å². The van der Waals surface area contributed by atoms with Crippen molar-refractivity contribution in [2.45, 2.75) is 13.8 Å². The zero-order valence-corrected chi connectivity index (χ0v) is 14.1. The number of rotatable bonds is 4. The number of para-hydroxylation sites is 1. The molecule has 0 radical (unpaired) electrons. The number of hydrogen-bond donors (Lipinski definition) is 2. The van der Waals surface area contributed by atoms with Gasteiger partial charge >= 0.3 is 0 Å². The Morgan fingerprint density at radius 1 is 1.08 bits per heavy atom. The molecule has 1 heterocycles. The number of halogens is 1. The molecule has 0 aliphatic rings. The molecule has 3 aromatic rings. The summed E-state index contributed by atoms with van der Waals surface area (Å²) in [6.07, 6.45) is 0. The molecule has 3 rings (SSSR count). The molecule has 0 aliphatic carbocycles. The Bertz CT molecular complexity index is 874.